The molecule has 2 aliphatic heterocycles. The zero-order chi connectivity index (χ0) is 18.4. The Morgan fingerprint density at radius 2 is 2.00 bits per heavy atom. The Bertz CT molecular complexity index is 619. The Labute approximate surface area is 156 Å². The monoisotopic (exact) mass is 357 g/mol. The maximum Gasteiger partial charge on any atom is 0.222 e. The molecule has 5 heteroatoms. The van der Waals surface area contributed by atoms with E-state index in [2.05, 4.69) is 16.8 Å². The minimum absolute atomic E-state index is 0.0829. The zero-order valence-corrected chi connectivity index (χ0v) is 16.0. The molecule has 0 radical (unpaired) electrons. The third kappa shape index (κ3) is 4.63. The average molecular weight is 357 g/mol. The fourth-order valence-corrected chi connectivity index (χ4v) is 4.39. The lowest BCUT2D eigenvalue weighted by Gasteiger charge is -2.48. The van der Waals surface area contributed by atoms with Crippen molar-refractivity contribution in [1.82, 2.24) is 14.8 Å². The summed E-state index contributed by atoms with van der Waals surface area (Å²) in [6.45, 7) is 5.28. The third-order valence-corrected chi connectivity index (χ3v) is 5.88. The first-order valence-electron chi connectivity index (χ1n) is 10.1. The van der Waals surface area contributed by atoms with E-state index in [1.54, 1.807) is 12.4 Å². The van der Waals surface area contributed by atoms with Gasteiger partial charge in [-0.2, -0.15) is 0 Å². The van der Waals surface area contributed by atoms with Crippen LogP contribution in [-0.4, -0.2) is 46.2 Å². The molecular weight excluding hydrogens is 326 g/mol. The number of hydrogen-bond acceptors (Lipinski definition) is 3. The lowest BCUT2D eigenvalue weighted by molar-refractivity contribution is -0.143. The first kappa shape index (κ1) is 18.9. The van der Waals surface area contributed by atoms with Crippen LogP contribution in [0.2, 0.25) is 0 Å². The van der Waals surface area contributed by atoms with Crippen molar-refractivity contribution < 1.29 is 9.59 Å². The van der Waals surface area contributed by atoms with Crippen LogP contribution in [0.15, 0.2) is 24.5 Å². The first-order valence-corrected chi connectivity index (χ1v) is 10.1. The predicted octanol–water partition coefficient (Wildman–Crippen LogP) is 3.39. The van der Waals surface area contributed by atoms with Crippen molar-refractivity contribution >= 4 is 11.8 Å². The SMILES string of the molecule is CCCCCC(=O)N1CCCC2(CCC(=O)N(Cc3ccncc3)C2)C1. The number of carbonyl (C=O) groups excluding carboxylic acids is 2. The summed E-state index contributed by atoms with van der Waals surface area (Å²) in [5.74, 6) is 0.536. The number of hydrogen-bond donors (Lipinski definition) is 0. The van der Waals surface area contributed by atoms with E-state index in [1.807, 2.05) is 17.0 Å². The van der Waals surface area contributed by atoms with Gasteiger partial charge in [-0.1, -0.05) is 19.8 Å². The second-order valence-electron chi connectivity index (χ2n) is 7.98. The lowest BCUT2D eigenvalue weighted by Crippen LogP contribution is -2.54. The molecule has 0 N–H and O–H groups in total. The number of nitrogens with zero attached hydrogens (tertiary/aromatic N) is 3. The van der Waals surface area contributed by atoms with E-state index in [9.17, 15) is 9.59 Å². The average Bonchev–Trinajstić information content (AvgIpc) is 2.66. The predicted molar refractivity (Wildman–Crippen MR) is 101 cm³/mol. The van der Waals surface area contributed by atoms with Gasteiger partial charge in [-0.25, -0.2) is 0 Å². The molecule has 2 aliphatic rings. The molecule has 0 aromatic carbocycles. The lowest BCUT2D eigenvalue weighted by atomic mass is 9.73. The molecule has 0 aliphatic carbocycles. The molecular formula is C21H31N3O2. The van der Waals surface area contributed by atoms with Gasteiger partial charge in [0.25, 0.3) is 0 Å². The normalized spacial score (nSPS) is 23.5. The summed E-state index contributed by atoms with van der Waals surface area (Å²) in [4.78, 5) is 33.1. The topological polar surface area (TPSA) is 53.5 Å². The van der Waals surface area contributed by atoms with Gasteiger partial charge in [0.2, 0.25) is 11.8 Å². The quantitative estimate of drug-likeness (QED) is 0.733. The summed E-state index contributed by atoms with van der Waals surface area (Å²) >= 11 is 0. The van der Waals surface area contributed by atoms with Crippen LogP contribution in [0.1, 0.15) is 63.9 Å². The first-order chi connectivity index (χ1) is 12.6. The number of likely N-dealkylation sites (tertiary alicyclic amines) is 2. The van der Waals surface area contributed by atoms with Crippen molar-refractivity contribution in [3.05, 3.63) is 30.1 Å². The van der Waals surface area contributed by atoms with Crippen molar-refractivity contribution in [3.63, 3.8) is 0 Å². The third-order valence-electron chi connectivity index (χ3n) is 5.88. The maximum absolute atomic E-state index is 12.6. The van der Waals surface area contributed by atoms with Gasteiger partial charge >= 0.3 is 0 Å². The van der Waals surface area contributed by atoms with Crippen LogP contribution in [0.5, 0.6) is 0 Å². The highest BCUT2D eigenvalue weighted by Gasteiger charge is 2.42. The highest BCUT2D eigenvalue weighted by Crippen LogP contribution is 2.39. The summed E-state index contributed by atoms with van der Waals surface area (Å²) in [7, 11) is 0. The van der Waals surface area contributed by atoms with Gasteiger partial charge < -0.3 is 9.80 Å². The zero-order valence-electron chi connectivity index (χ0n) is 16.0. The van der Waals surface area contributed by atoms with Crippen molar-refractivity contribution in [1.29, 1.82) is 0 Å². The molecule has 0 bridgehead atoms. The molecule has 3 rings (SSSR count). The molecule has 3 heterocycles. The van der Waals surface area contributed by atoms with Crippen molar-refractivity contribution in [2.45, 2.75) is 64.8 Å². The Balaban J connectivity index is 1.62. The van der Waals surface area contributed by atoms with E-state index in [4.69, 9.17) is 0 Å². The number of unbranched alkanes of at least 4 members (excludes halogenated alkanes) is 2. The maximum atomic E-state index is 12.6. The van der Waals surface area contributed by atoms with Crippen molar-refractivity contribution in [2.75, 3.05) is 19.6 Å². The number of amides is 2. The molecule has 142 valence electrons. The van der Waals surface area contributed by atoms with Crippen LogP contribution in [-0.2, 0) is 16.1 Å². The van der Waals surface area contributed by atoms with Gasteiger partial charge in [0.1, 0.15) is 0 Å². The van der Waals surface area contributed by atoms with Gasteiger partial charge in [0.15, 0.2) is 0 Å². The van der Waals surface area contributed by atoms with Gasteiger partial charge in [-0.3, -0.25) is 14.6 Å². The Morgan fingerprint density at radius 1 is 1.19 bits per heavy atom. The number of piperidine rings is 2. The number of pyridine rings is 1. The molecule has 5 nitrogen and oxygen atoms in total. The molecule has 2 fully saturated rings. The van der Waals surface area contributed by atoms with E-state index < -0.39 is 0 Å². The minimum Gasteiger partial charge on any atom is -0.342 e. The second kappa shape index (κ2) is 8.65. The summed E-state index contributed by atoms with van der Waals surface area (Å²) in [6.07, 6.45) is 11.2. The van der Waals surface area contributed by atoms with Gasteiger partial charge in [-0.05, 0) is 43.4 Å². The minimum atomic E-state index is 0.0829. The summed E-state index contributed by atoms with van der Waals surface area (Å²) in [5, 5.41) is 0. The van der Waals surface area contributed by atoms with E-state index in [0.29, 0.717) is 25.3 Å². The van der Waals surface area contributed by atoms with Gasteiger partial charge in [0, 0.05) is 56.8 Å². The molecule has 2 amide bonds. The molecule has 0 saturated carbocycles. The van der Waals surface area contributed by atoms with Gasteiger partial charge in [0.05, 0.1) is 0 Å². The second-order valence-corrected chi connectivity index (χ2v) is 7.98. The number of rotatable bonds is 6. The van der Waals surface area contributed by atoms with E-state index >= 15 is 0 Å². The molecule has 2 saturated heterocycles. The molecule has 1 spiro atoms. The Morgan fingerprint density at radius 3 is 2.77 bits per heavy atom. The van der Waals surface area contributed by atoms with Gasteiger partial charge in [-0.15, -0.1) is 0 Å². The smallest absolute Gasteiger partial charge is 0.222 e. The molecule has 1 aromatic rings. The van der Waals surface area contributed by atoms with Crippen LogP contribution in [0.25, 0.3) is 0 Å². The van der Waals surface area contributed by atoms with Crippen LogP contribution < -0.4 is 0 Å². The highest BCUT2D eigenvalue weighted by atomic mass is 16.2. The highest BCUT2D eigenvalue weighted by molar-refractivity contribution is 5.78. The number of aromatic nitrogens is 1. The summed E-state index contributed by atoms with van der Waals surface area (Å²) < 4.78 is 0. The van der Waals surface area contributed by atoms with Crippen LogP contribution in [0.3, 0.4) is 0 Å². The Kier molecular flexibility index (Phi) is 6.28. The van der Waals surface area contributed by atoms with E-state index in [1.165, 1.54) is 0 Å². The van der Waals surface area contributed by atoms with E-state index in [-0.39, 0.29) is 11.3 Å². The molecule has 26 heavy (non-hydrogen) atoms. The standard InChI is InChI=1S/C21H31N3O2/c1-2-3-4-6-19(25)23-14-5-10-21(16-23)11-7-20(26)24(17-21)15-18-8-12-22-13-9-18/h8-9,12-13H,2-7,10-11,14-17H2,1H3. The van der Waals surface area contributed by atoms with Crippen molar-refractivity contribution in [2.24, 2.45) is 5.41 Å². The molecule has 1 atom stereocenters. The summed E-state index contributed by atoms with van der Waals surface area (Å²) in [6, 6.07) is 3.94. The molecule has 1 unspecified atom stereocenters. The van der Waals surface area contributed by atoms with Crippen LogP contribution >= 0.6 is 0 Å². The summed E-state index contributed by atoms with van der Waals surface area (Å²) in [5.41, 5.74) is 1.20. The largest absolute Gasteiger partial charge is 0.342 e. The van der Waals surface area contributed by atoms with E-state index in [0.717, 1.165) is 63.7 Å². The fraction of sp³-hybridized carbons (Fsp3) is 0.667. The number of carbonyl (C=O) groups is 2. The van der Waals surface area contributed by atoms with Crippen LogP contribution in [0, 0.1) is 5.41 Å². The van der Waals surface area contributed by atoms with Crippen molar-refractivity contribution in [3.8, 4) is 0 Å². The fourth-order valence-electron chi connectivity index (χ4n) is 4.39. The Hall–Kier alpha value is -1.91. The molecule has 1 aromatic heterocycles. The van der Waals surface area contributed by atoms with Crippen LogP contribution in [0.4, 0.5) is 0 Å².